The molecule has 0 aliphatic carbocycles. The molecule has 19 heavy (non-hydrogen) atoms. The highest BCUT2D eigenvalue weighted by Crippen LogP contribution is 2.22. The molecule has 1 saturated heterocycles. The summed E-state index contributed by atoms with van der Waals surface area (Å²) >= 11 is 1.88. The molecular formula is C16H20N2S. The molecule has 1 N–H and O–H groups in total. The van der Waals surface area contributed by atoms with E-state index in [2.05, 4.69) is 58.9 Å². The smallest absolute Gasteiger partial charge is 0.0449 e. The SMILES string of the molecule is Cc1ccsc1CN1CCNC(c2ccccc2)C1. The molecular weight excluding hydrogens is 252 g/mol. The van der Waals surface area contributed by atoms with Crippen LogP contribution in [0.2, 0.25) is 0 Å². The Kier molecular flexibility index (Phi) is 3.97. The van der Waals surface area contributed by atoms with E-state index in [0.717, 1.165) is 26.2 Å². The van der Waals surface area contributed by atoms with Gasteiger partial charge in [-0.15, -0.1) is 11.3 Å². The lowest BCUT2D eigenvalue weighted by Gasteiger charge is -2.33. The van der Waals surface area contributed by atoms with Crippen molar-refractivity contribution >= 4 is 11.3 Å². The number of nitrogens with zero attached hydrogens (tertiary/aromatic N) is 1. The van der Waals surface area contributed by atoms with Crippen LogP contribution in [-0.2, 0) is 6.54 Å². The second-order valence-electron chi connectivity index (χ2n) is 5.18. The fourth-order valence-electron chi connectivity index (χ4n) is 2.63. The van der Waals surface area contributed by atoms with Crippen molar-refractivity contribution in [1.29, 1.82) is 0 Å². The topological polar surface area (TPSA) is 15.3 Å². The summed E-state index contributed by atoms with van der Waals surface area (Å²) in [5, 5.41) is 5.82. The standard InChI is InChI=1S/C16H20N2S/c1-13-7-10-19-16(13)12-18-9-8-17-15(11-18)14-5-3-2-4-6-14/h2-7,10,15,17H,8-9,11-12H2,1H3. The van der Waals surface area contributed by atoms with Crippen molar-refractivity contribution < 1.29 is 0 Å². The van der Waals surface area contributed by atoms with Crippen LogP contribution in [0.4, 0.5) is 0 Å². The molecule has 2 heterocycles. The molecule has 1 aliphatic heterocycles. The van der Waals surface area contributed by atoms with Gasteiger partial charge in [0.15, 0.2) is 0 Å². The molecule has 0 bridgehead atoms. The number of aryl methyl sites for hydroxylation is 1. The third kappa shape index (κ3) is 3.06. The van der Waals surface area contributed by atoms with Crippen molar-refractivity contribution in [2.24, 2.45) is 0 Å². The molecule has 0 amide bonds. The van der Waals surface area contributed by atoms with Crippen LogP contribution in [0.1, 0.15) is 22.0 Å². The van der Waals surface area contributed by atoms with E-state index in [0.29, 0.717) is 6.04 Å². The molecule has 3 rings (SSSR count). The summed E-state index contributed by atoms with van der Waals surface area (Å²) in [5.74, 6) is 0. The largest absolute Gasteiger partial charge is 0.308 e. The average molecular weight is 272 g/mol. The monoisotopic (exact) mass is 272 g/mol. The molecule has 2 nitrogen and oxygen atoms in total. The Balaban J connectivity index is 1.67. The van der Waals surface area contributed by atoms with Crippen LogP contribution in [0.25, 0.3) is 0 Å². The van der Waals surface area contributed by atoms with Gasteiger partial charge in [-0.2, -0.15) is 0 Å². The zero-order chi connectivity index (χ0) is 13.1. The van der Waals surface area contributed by atoms with Crippen molar-refractivity contribution in [3.8, 4) is 0 Å². The second-order valence-corrected chi connectivity index (χ2v) is 6.18. The summed E-state index contributed by atoms with van der Waals surface area (Å²) in [6.07, 6.45) is 0. The van der Waals surface area contributed by atoms with Crippen molar-refractivity contribution in [3.05, 3.63) is 57.8 Å². The predicted octanol–water partition coefficient (Wildman–Crippen LogP) is 3.20. The van der Waals surface area contributed by atoms with Gasteiger partial charge in [-0.25, -0.2) is 0 Å². The van der Waals surface area contributed by atoms with Gasteiger partial charge in [-0.1, -0.05) is 30.3 Å². The van der Waals surface area contributed by atoms with Gasteiger partial charge in [0.25, 0.3) is 0 Å². The first kappa shape index (κ1) is 12.9. The molecule has 3 heteroatoms. The highest BCUT2D eigenvalue weighted by atomic mass is 32.1. The summed E-state index contributed by atoms with van der Waals surface area (Å²) < 4.78 is 0. The molecule has 0 spiro atoms. The van der Waals surface area contributed by atoms with E-state index < -0.39 is 0 Å². The van der Waals surface area contributed by atoms with Gasteiger partial charge in [0.1, 0.15) is 0 Å². The number of rotatable bonds is 3. The predicted molar refractivity (Wildman–Crippen MR) is 81.5 cm³/mol. The van der Waals surface area contributed by atoms with Gasteiger partial charge >= 0.3 is 0 Å². The van der Waals surface area contributed by atoms with Gasteiger partial charge < -0.3 is 5.32 Å². The molecule has 1 unspecified atom stereocenters. The molecule has 1 aromatic carbocycles. The molecule has 0 saturated carbocycles. The zero-order valence-corrected chi connectivity index (χ0v) is 12.1. The lowest BCUT2D eigenvalue weighted by molar-refractivity contribution is 0.194. The Bertz CT molecular complexity index is 521. The summed E-state index contributed by atoms with van der Waals surface area (Å²) in [4.78, 5) is 4.07. The normalized spacial score (nSPS) is 20.6. The summed E-state index contributed by atoms with van der Waals surface area (Å²) in [6, 6.07) is 13.5. The number of piperazine rings is 1. The van der Waals surface area contributed by atoms with Crippen LogP contribution in [-0.4, -0.2) is 24.5 Å². The van der Waals surface area contributed by atoms with E-state index in [4.69, 9.17) is 0 Å². The first-order valence-electron chi connectivity index (χ1n) is 6.86. The minimum atomic E-state index is 0.468. The number of hydrogen-bond donors (Lipinski definition) is 1. The molecule has 1 aliphatic rings. The Labute approximate surface area is 119 Å². The quantitative estimate of drug-likeness (QED) is 0.923. The van der Waals surface area contributed by atoms with Crippen LogP contribution in [0.3, 0.4) is 0 Å². The Morgan fingerprint density at radius 2 is 2.11 bits per heavy atom. The van der Waals surface area contributed by atoms with Gasteiger partial charge in [0.2, 0.25) is 0 Å². The number of nitrogens with one attached hydrogen (secondary N) is 1. The maximum absolute atomic E-state index is 3.62. The molecule has 2 aromatic rings. The summed E-state index contributed by atoms with van der Waals surface area (Å²) in [6.45, 7) is 6.61. The van der Waals surface area contributed by atoms with Crippen molar-refractivity contribution in [3.63, 3.8) is 0 Å². The molecule has 1 fully saturated rings. The average Bonchev–Trinajstić information content (AvgIpc) is 2.86. The maximum atomic E-state index is 3.62. The van der Waals surface area contributed by atoms with E-state index in [-0.39, 0.29) is 0 Å². The van der Waals surface area contributed by atoms with Crippen LogP contribution in [0.15, 0.2) is 41.8 Å². The Morgan fingerprint density at radius 3 is 2.84 bits per heavy atom. The highest BCUT2D eigenvalue weighted by Gasteiger charge is 2.21. The molecule has 0 radical (unpaired) electrons. The number of hydrogen-bond acceptors (Lipinski definition) is 3. The minimum absolute atomic E-state index is 0.468. The van der Waals surface area contributed by atoms with Gasteiger partial charge in [0, 0.05) is 37.1 Å². The number of benzene rings is 1. The highest BCUT2D eigenvalue weighted by molar-refractivity contribution is 7.10. The lowest BCUT2D eigenvalue weighted by Crippen LogP contribution is -2.45. The molecule has 1 aromatic heterocycles. The van der Waals surface area contributed by atoms with E-state index >= 15 is 0 Å². The first-order valence-corrected chi connectivity index (χ1v) is 7.74. The number of thiophene rings is 1. The third-order valence-corrected chi connectivity index (χ3v) is 4.80. The van der Waals surface area contributed by atoms with Gasteiger partial charge in [-0.05, 0) is 29.5 Å². The minimum Gasteiger partial charge on any atom is -0.308 e. The first-order chi connectivity index (χ1) is 9.33. The van der Waals surface area contributed by atoms with E-state index in [9.17, 15) is 0 Å². The third-order valence-electron chi connectivity index (χ3n) is 3.80. The molecule has 100 valence electrons. The van der Waals surface area contributed by atoms with Crippen LogP contribution < -0.4 is 5.32 Å². The molecule has 1 atom stereocenters. The van der Waals surface area contributed by atoms with E-state index in [1.807, 2.05) is 11.3 Å². The van der Waals surface area contributed by atoms with Crippen molar-refractivity contribution in [2.75, 3.05) is 19.6 Å². The Morgan fingerprint density at radius 1 is 1.26 bits per heavy atom. The zero-order valence-electron chi connectivity index (χ0n) is 11.3. The second kappa shape index (κ2) is 5.87. The maximum Gasteiger partial charge on any atom is 0.0449 e. The van der Waals surface area contributed by atoms with Crippen molar-refractivity contribution in [1.82, 2.24) is 10.2 Å². The van der Waals surface area contributed by atoms with Gasteiger partial charge in [-0.3, -0.25) is 4.90 Å². The van der Waals surface area contributed by atoms with Crippen molar-refractivity contribution in [2.45, 2.75) is 19.5 Å². The summed E-state index contributed by atoms with van der Waals surface area (Å²) in [5.41, 5.74) is 2.83. The lowest BCUT2D eigenvalue weighted by atomic mass is 10.0. The van der Waals surface area contributed by atoms with Crippen LogP contribution in [0, 0.1) is 6.92 Å². The Hall–Kier alpha value is -1.16. The van der Waals surface area contributed by atoms with Gasteiger partial charge in [0.05, 0.1) is 0 Å². The van der Waals surface area contributed by atoms with E-state index in [1.165, 1.54) is 16.0 Å². The van der Waals surface area contributed by atoms with Crippen LogP contribution in [0.5, 0.6) is 0 Å². The van der Waals surface area contributed by atoms with Crippen LogP contribution >= 0.6 is 11.3 Å². The van der Waals surface area contributed by atoms with E-state index in [1.54, 1.807) is 0 Å². The fourth-order valence-corrected chi connectivity index (χ4v) is 3.58. The fraction of sp³-hybridized carbons (Fsp3) is 0.375. The summed E-state index contributed by atoms with van der Waals surface area (Å²) in [7, 11) is 0.